The zero-order valence-corrected chi connectivity index (χ0v) is 7.24. The molecule has 2 heterocycles. The average Bonchev–Trinajstić information content (AvgIpc) is 2.44. The van der Waals surface area contributed by atoms with Gasteiger partial charge in [-0.05, 0) is 19.1 Å². The van der Waals surface area contributed by atoms with E-state index in [4.69, 9.17) is 0 Å². The molecule has 2 aromatic rings. The van der Waals surface area contributed by atoms with Gasteiger partial charge in [-0.15, -0.1) is 0 Å². The Kier molecular flexibility index (Phi) is 1.81. The highest BCUT2D eigenvalue weighted by Gasteiger charge is 2.04. The second kappa shape index (κ2) is 2.97. The SMILES string of the molecule is CC(=O)Cc1nc2cccnc2[nH]1. The van der Waals surface area contributed by atoms with Gasteiger partial charge in [0.25, 0.3) is 0 Å². The molecule has 0 bridgehead atoms. The van der Waals surface area contributed by atoms with Crippen LogP contribution >= 0.6 is 0 Å². The van der Waals surface area contributed by atoms with E-state index < -0.39 is 0 Å². The highest BCUT2D eigenvalue weighted by atomic mass is 16.1. The number of nitrogens with zero attached hydrogens (tertiary/aromatic N) is 2. The number of nitrogens with one attached hydrogen (secondary N) is 1. The van der Waals surface area contributed by atoms with Crippen LogP contribution < -0.4 is 0 Å². The lowest BCUT2D eigenvalue weighted by atomic mass is 10.3. The molecule has 0 amide bonds. The standard InChI is InChI=1S/C9H9N3O/c1-6(13)5-8-11-7-3-2-4-10-9(7)12-8/h2-4H,5H2,1H3,(H,10,11,12). The number of pyridine rings is 1. The highest BCUT2D eigenvalue weighted by molar-refractivity contribution is 5.79. The minimum absolute atomic E-state index is 0.0963. The van der Waals surface area contributed by atoms with Crippen molar-refractivity contribution in [3.05, 3.63) is 24.2 Å². The van der Waals surface area contributed by atoms with Crippen LogP contribution in [0.1, 0.15) is 12.7 Å². The molecule has 4 nitrogen and oxygen atoms in total. The van der Waals surface area contributed by atoms with Gasteiger partial charge in [0.2, 0.25) is 0 Å². The first kappa shape index (κ1) is 7.91. The van der Waals surface area contributed by atoms with E-state index in [1.165, 1.54) is 0 Å². The first-order chi connectivity index (χ1) is 6.25. The molecule has 1 N–H and O–H groups in total. The maximum absolute atomic E-state index is 10.8. The van der Waals surface area contributed by atoms with E-state index >= 15 is 0 Å². The van der Waals surface area contributed by atoms with E-state index in [0.29, 0.717) is 12.2 Å². The summed E-state index contributed by atoms with van der Waals surface area (Å²) >= 11 is 0. The first-order valence-corrected chi connectivity index (χ1v) is 4.05. The molecule has 0 aliphatic heterocycles. The van der Waals surface area contributed by atoms with E-state index in [1.807, 2.05) is 12.1 Å². The van der Waals surface area contributed by atoms with Gasteiger partial charge in [-0.2, -0.15) is 0 Å². The summed E-state index contributed by atoms with van der Waals surface area (Å²) < 4.78 is 0. The van der Waals surface area contributed by atoms with Gasteiger partial charge < -0.3 is 4.98 Å². The van der Waals surface area contributed by atoms with Gasteiger partial charge in [-0.25, -0.2) is 9.97 Å². The summed E-state index contributed by atoms with van der Waals surface area (Å²) in [5, 5.41) is 0. The third-order valence-corrected chi connectivity index (χ3v) is 1.72. The minimum atomic E-state index is 0.0963. The Hall–Kier alpha value is -1.71. The molecule has 0 spiro atoms. The third-order valence-electron chi connectivity index (χ3n) is 1.72. The summed E-state index contributed by atoms with van der Waals surface area (Å²) in [6.45, 7) is 1.54. The van der Waals surface area contributed by atoms with Crippen molar-refractivity contribution in [2.24, 2.45) is 0 Å². The summed E-state index contributed by atoms with van der Waals surface area (Å²) in [6.07, 6.45) is 2.04. The molecule has 0 saturated heterocycles. The molecule has 2 rings (SSSR count). The van der Waals surface area contributed by atoms with Crippen LogP contribution in [0.25, 0.3) is 11.2 Å². The number of carbonyl (C=O) groups is 1. The number of hydrogen-bond acceptors (Lipinski definition) is 3. The number of carbonyl (C=O) groups excluding carboxylic acids is 1. The summed E-state index contributed by atoms with van der Waals surface area (Å²) in [4.78, 5) is 22.1. The Morgan fingerprint density at radius 3 is 3.15 bits per heavy atom. The van der Waals surface area contributed by atoms with E-state index in [2.05, 4.69) is 15.0 Å². The molecule has 0 saturated carbocycles. The Labute approximate surface area is 75.0 Å². The number of aromatic nitrogens is 3. The first-order valence-electron chi connectivity index (χ1n) is 4.05. The third kappa shape index (κ3) is 1.56. The molecule has 0 aliphatic carbocycles. The second-order valence-electron chi connectivity index (χ2n) is 2.93. The lowest BCUT2D eigenvalue weighted by molar-refractivity contribution is -0.116. The van der Waals surface area contributed by atoms with Crippen LogP contribution in [0.5, 0.6) is 0 Å². The summed E-state index contributed by atoms with van der Waals surface area (Å²) in [6, 6.07) is 3.68. The lowest BCUT2D eigenvalue weighted by Gasteiger charge is -1.86. The molecule has 0 aliphatic rings. The number of aromatic amines is 1. The quantitative estimate of drug-likeness (QED) is 0.743. The number of rotatable bonds is 2. The summed E-state index contributed by atoms with van der Waals surface area (Å²) in [5.74, 6) is 0.778. The Morgan fingerprint density at radius 1 is 1.62 bits per heavy atom. The molecule has 0 atom stereocenters. The van der Waals surface area contributed by atoms with Crippen molar-refractivity contribution < 1.29 is 4.79 Å². The number of Topliss-reactive ketones (excluding diaryl/α,β-unsaturated/α-hetero) is 1. The fraction of sp³-hybridized carbons (Fsp3) is 0.222. The van der Waals surface area contributed by atoms with Gasteiger partial charge in [-0.3, -0.25) is 4.79 Å². The van der Waals surface area contributed by atoms with Crippen molar-refractivity contribution in [2.45, 2.75) is 13.3 Å². The Bertz CT molecular complexity index is 414. The van der Waals surface area contributed by atoms with Crippen molar-refractivity contribution in [3.63, 3.8) is 0 Å². The average molecular weight is 175 g/mol. The number of fused-ring (bicyclic) bond motifs is 1. The molecule has 0 unspecified atom stereocenters. The van der Waals surface area contributed by atoms with Crippen molar-refractivity contribution >= 4 is 16.9 Å². The van der Waals surface area contributed by atoms with Crippen molar-refractivity contribution in [2.75, 3.05) is 0 Å². The Balaban J connectivity index is 2.44. The maximum Gasteiger partial charge on any atom is 0.157 e. The molecule has 0 aromatic carbocycles. The predicted octanol–water partition coefficient (Wildman–Crippen LogP) is 1.09. The van der Waals surface area contributed by atoms with E-state index in [0.717, 1.165) is 11.2 Å². The molecular formula is C9H9N3O. The minimum Gasteiger partial charge on any atom is -0.326 e. The number of H-pyrrole nitrogens is 1. The zero-order chi connectivity index (χ0) is 9.26. The second-order valence-corrected chi connectivity index (χ2v) is 2.93. The number of imidazole rings is 1. The summed E-state index contributed by atoms with van der Waals surface area (Å²) in [5.41, 5.74) is 1.54. The summed E-state index contributed by atoms with van der Waals surface area (Å²) in [7, 11) is 0. The van der Waals surface area contributed by atoms with Crippen molar-refractivity contribution in [1.29, 1.82) is 0 Å². The van der Waals surface area contributed by atoms with Gasteiger partial charge in [0.1, 0.15) is 17.1 Å². The van der Waals surface area contributed by atoms with E-state index in [-0.39, 0.29) is 5.78 Å². The van der Waals surface area contributed by atoms with Crippen molar-refractivity contribution in [1.82, 2.24) is 15.0 Å². The Morgan fingerprint density at radius 2 is 2.46 bits per heavy atom. The van der Waals surface area contributed by atoms with Gasteiger partial charge in [0.05, 0.1) is 6.42 Å². The van der Waals surface area contributed by atoms with Crippen LogP contribution in [0.4, 0.5) is 0 Å². The fourth-order valence-electron chi connectivity index (χ4n) is 1.21. The zero-order valence-electron chi connectivity index (χ0n) is 7.24. The van der Waals surface area contributed by atoms with Crippen molar-refractivity contribution in [3.8, 4) is 0 Å². The van der Waals surface area contributed by atoms with E-state index in [9.17, 15) is 4.79 Å². The predicted molar refractivity (Wildman–Crippen MR) is 48.3 cm³/mol. The van der Waals surface area contributed by atoms with Gasteiger partial charge in [0.15, 0.2) is 5.65 Å². The smallest absolute Gasteiger partial charge is 0.157 e. The largest absolute Gasteiger partial charge is 0.326 e. The van der Waals surface area contributed by atoms with Gasteiger partial charge in [0, 0.05) is 6.20 Å². The molecule has 66 valence electrons. The van der Waals surface area contributed by atoms with Crippen LogP contribution in [0.3, 0.4) is 0 Å². The van der Waals surface area contributed by atoms with Crippen LogP contribution in [0.2, 0.25) is 0 Å². The molecular weight excluding hydrogens is 166 g/mol. The van der Waals surface area contributed by atoms with Crippen LogP contribution in [-0.2, 0) is 11.2 Å². The van der Waals surface area contributed by atoms with Gasteiger partial charge >= 0.3 is 0 Å². The molecule has 2 aromatic heterocycles. The van der Waals surface area contributed by atoms with E-state index in [1.54, 1.807) is 13.1 Å². The maximum atomic E-state index is 10.8. The molecule has 0 radical (unpaired) electrons. The molecule has 13 heavy (non-hydrogen) atoms. The topological polar surface area (TPSA) is 58.6 Å². The number of ketones is 1. The molecule has 0 fully saturated rings. The van der Waals surface area contributed by atoms with Crippen LogP contribution in [0, 0.1) is 0 Å². The normalized spacial score (nSPS) is 10.5. The molecule has 4 heteroatoms. The number of hydrogen-bond donors (Lipinski definition) is 1. The van der Waals surface area contributed by atoms with Crippen LogP contribution in [-0.4, -0.2) is 20.7 Å². The highest BCUT2D eigenvalue weighted by Crippen LogP contribution is 2.07. The van der Waals surface area contributed by atoms with Gasteiger partial charge in [-0.1, -0.05) is 0 Å². The van der Waals surface area contributed by atoms with Crippen LogP contribution in [0.15, 0.2) is 18.3 Å². The fourth-order valence-corrected chi connectivity index (χ4v) is 1.21. The monoisotopic (exact) mass is 175 g/mol. The lowest BCUT2D eigenvalue weighted by Crippen LogP contribution is -1.97.